The fourth-order valence-electron chi connectivity index (χ4n) is 12.0. The van der Waals surface area contributed by atoms with E-state index in [9.17, 15) is 35.1 Å². The van der Waals surface area contributed by atoms with Gasteiger partial charge in [-0.15, -0.1) is 0 Å². The molecule has 49 heavy (non-hydrogen) atoms. The third-order valence-corrected chi connectivity index (χ3v) is 15.5. The van der Waals surface area contributed by atoms with Crippen molar-refractivity contribution < 1.29 is 44.6 Å². The monoisotopic (exact) mass is 686 g/mol. The van der Waals surface area contributed by atoms with E-state index in [1.165, 1.54) is 0 Å². The molecule has 4 saturated carbocycles. The molecule has 0 amide bonds. The van der Waals surface area contributed by atoms with Gasteiger partial charge in [0.25, 0.3) is 0 Å². The topological polar surface area (TPSA) is 154 Å². The molecule has 276 valence electrons. The maximum atomic E-state index is 13.5. The summed E-state index contributed by atoms with van der Waals surface area (Å²) >= 11 is 0. The molecule has 0 radical (unpaired) electrons. The highest BCUT2D eigenvalue weighted by Crippen LogP contribution is 2.76. The van der Waals surface area contributed by atoms with Crippen LogP contribution in [0.15, 0.2) is 34.9 Å². The van der Waals surface area contributed by atoms with E-state index in [0.717, 1.165) is 24.8 Å². The van der Waals surface area contributed by atoms with Gasteiger partial charge in [0, 0.05) is 27.4 Å². The fourth-order valence-corrected chi connectivity index (χ4v) is 12.0. The van der Waals surface area contributed by atoms with Crippen LogP contribution in [0.2, 0.25) is 0 Å². The largest absolute Gasteiger partial charge is 0.454 e. The summed E-state index contributed by atoms with van der Waals surface area (Å²) < 4.78 is 12.4. The van der Waals surface area contributed by atoms with Crippen LogP contribution >= 0.6 is 0 Å². The fraction of sp³-hybridized carbons (Fsp3) is 0.800. The molecule has 13 atom stereocenters. The Hall–Kier alpha value is -2.04. The lowest BCUT2D eigenvalue weighted by atomic mass is 9.32. The number of aliphatic hydroxyl groups excluding tert-OH is 5. The van der Waals surface area contributed by atoms with E-state index in [1.54, 1.807) is 39.8 Å². The van der Waals surface area contributed by atoms with Crippen LogP contribution in [0.3, 0.4) is 0 Å². The Bertz CT molecular complexity index is 1430. The predicted molar refractivity (Wildman–Crippen MR) is 186 cm³/mol. The van der Waals surface area contributed by atoms with E-state index < -0.39 is 82.1 Å². The smallest absolute Gasteiger partial charge is 0.333 e. The SMILES string of the molecule is CC=C(C)C(=O)O[C@H]1[C@H](OC(=O)C(C)=CC)[C@@]2(CO)C(CC1(C)C)C1=CCC3[C@@]4(C)CC[C@H](O)[C@](C)(CO)C4CC[C@@]3(C)[C@]1(C)[C@@H](O)[C@H]2O. The molecule has 5 N–H and O–H groups in total. The maximum Gasteiger partial charge on any atom is 0.333 e. The van der Waals surface area contributed by atoms with E-state index in [-0.39, 0.29) is 23.9 Å². The Morgan fingerprint density at radius 2 is 1.39 bits per heavy atom. The van der Waals surface area contributed by atoms with Crippen LogP contribution < -0.4 is 0 Å². The van der Waals surface area contributed by atoms with Gasteiger partial charge in [-0.25, -0.2) is 9.59 Å². The van der Waals surface area contributed by atoms with Crippen molar-refractivity contribution >= 4 is 11.9 Å². The van der Waals surface area contributed by atoms with Gasteiger partial charge >= 0.3 is 11.9 Å². The molecule has 3 unspecified atom stereocenters. The van der Waals surface area contributed by atoms with Crippen molar-refractivity contribution in [3.8, 4) is 0 Å². The van der Waals surface area contributed by atoms with Gasteiger partial charge < -0.3 is 35.0 Å². The van der Waals surface area contributed by atoms with E-state index in [0.29, 0.717) is 30.4 Å². The molecule has 0 bridgehead atoms. The zero-order valence-corrected chi connectivity index (χ0v) is 31.4. The summed E-state index contributed by atoms with van der Waals surface area (Å²) in [5.41, 5.74) is -2.90. The summed E-state index contributed by atoms with van der Waals surface area (Å²) in [6.45, 7) is 18.6. The number of ether oxygens (including phenoxy) is 2. The minimum atomic E-state index is -1.56. The second-order valence-corrected chi connectivity index (χ2v) is 17.9. The molecule has 0 saturated heterocycles. The summed E-state index contributed by atoms with van der Waals surface area (Å²) in [5, 5.41) is 58.4. The van der Waals surface area contributed by atoms with E-state index in [1.807, 2.05) is 20.8 Å². The lowest BCUT2D eigenvalue weighted by Crippen LogP contribution is -2.76. The Balaban J connectivity index is 1.69. The minimum Gasteiger partial charge on any atom is -0.454 e. The van der Waals surface area contributed by atoms with Gasteiger partial charge in [-0.2, -0.15) is 0 Å². The number of rotatable bonds is 6. The van der Waals surface area contributed by atoms with Crippen LogP contribution in [-0.4, -0.2) is 81.2 Å². The van der Waals surface area contributed by atoms with Crippen LogP contribution in [0.1, 0.15) is 108 Å². The van der Waals surface area contributed by atoms with E-state index in [4.69, 9.17) is 9.47 Å². The Morgan fingerprint density at radius 3 is 1.92 bits per heavy atom. The molecule has 4 fully saturated rings. The first-order chi connectivity index (χ1) is 22.7. The summed E-state index contributed by atoms with van der Waals surface area (Å²) in [6.07, 6.45) is 3.73. The number of carbonyl (C=O) groups excluding carboxylic acids is 2. The quantitative estimate of drug-likeness (QED) is 0.147. The average Bonchev–Trinajstić information content (AvgIpc) is 3.06. The van der Waals surface area contributed by atoms with Crippen molar-refractivity contribution in [2.45, 2.75) is 138 Å². The first kappa shape index (κ1) is 38.2. The number of fused-ring (bicyclic) bond motifs is 7. The average molecular weight is 687 g/mol. The second kappa shape index (κ2) is 12.6. The molecule has 0 aliphatic heterocycles. The molecule has 0 aromatic rings. The molecule has 0 aromatic heterocycles. The Labute approximate surface area is 292 Å². The van der Waals surface area contributed by atoms with Crippen molar-refractivity contribution in [1.29, 1.82) is 0 Å². The summed E-state index contributed by atoms with van der Waals surface area (Å²) in [4.78, 5) is 26.8. The second-order valence-electron chi connectivity index (χ2n) is 17.9. The zero-order chi connectivity index (χ0) is 36.7. The number of hydrogen-bond acceptors (Lipinski definition) is 9. The van der Waals surface area contributed by atoms with Crippen molar-refractivity contribution in [2.75, 3.05) is 13.2 Å². The number of carbonyl (C=O) groups is 2. The predicted octanol–water partition coefficient (Wildman–Crippen LogP) is 5.03. The molecule has 9 nitrogen and oxygen atoms in total. The molecule has 0 heterocycles. The number of aliphatic hydroxyl groups is 5. The van der Waals surface area contributed by atoms with Gasteiger partial charge in [0.05, 0.1) is 36.9 Å². The first-order valence-electron chi connectivity index (χ1n) is 18.4. The van der Waals surface area contributed by atoms with Crippen molar-refractivity contribution in [3.63, 3.8) is 0 Å². The molecule has 5 aliphatic carbocycles. The van der Waals surface area contributed by atoms with Crippen LogP contribution in [0.5, 0.6) is 0 Å². The highest BCUT2D eigenvalue weighted by molar-refractivity contribution is 5.88. The third kappa shape index (κ3) is 5.02. The number of hydrogen-bond donors (Lipinski definition) is 5. The lowest BCUT2D eigenvalue weighted by Gasteiger charge is -2.73. The maximum absolute atomic E-state index is 13.5. The normalized spacial score (nSPS) is 47.9. The minimum absolute atomic E-state index is 0.0795. The summed E-state index contributed by atoms with van der Waals surface area (Å²) in [5.74, 6) is -1.55. The Morgan fingerprint density at radius 1 is 0.816 bits per heavy atom. The van der Waals surface area contributed by atoms with E-state index in [2.05, 4.69) is 26.8 Å². The van der Waals surface area contributed by atoms with Gasteiger partial charge in [0.2, 0.25) is 0 Å². The van der Waals surface area contributed by atoms with Crippen molar-refractivity contribution in [1.82, 2.24) is 0 Å². The molecule has 5 aliphatic rings. The molecule has 0 aromatic carbocycles. The summed E-state index contributed by atoms with van der Waals surface area (Å²) in [7, 11) is 0. The molecule has 0 spiro atoms. The van der Waals surface area contributed by atoms with Crippen LogP contribution in [0.25, 0.3) is 0 Å². The van der Waals surface area contributed by atoms with Crippen LogP contribution in [-0.2, 0) is 19.1 Å². The number of esters is 2. The Kier molecular flexibility index (Phi) is 9.80. The number of allylic oxidation sites excluding steroid dienone is 3. The van der Waals surface area contributed by atoms with Gasteiger partial charge in [-0.1, -0.05) is 65.3 Å². The van der Waals surface area contributed by atoms with Crippen LogP contribution in [0.4, 0.5) is 0 Å². The molecule has 9 heteroatoms. The standard InChI is InChI=1S/C40H62O9/c1-11-22(3)33(46)48-31-32(49-34(47)23(4)12-2)40(21-42)25(19-35(31,5)6)24-13-14-27-36(7)17-16-28(43)37(8,20-41)26(36)15-18-38(27,9)39(24,10)29(44)30(40)45/h11-13,25-32,41-45H,14-21H2,1-10H3/t25?,26?,27?,28-,29-,30+,31-,32-,36-,37+,38+,39-,40-/m0/s1. The van der Waals surface area contributed by atoms with Crippen molar-refractivity contribution in [3.05, 3.63) is 34.9 Å². The first-order valence-corrected chi connectivity index (χ1v) is 18.4. The van der Waals surface area contributed by atoms with E-state index >= 15 is 0 Å². The highest BCUT2D eigenvalue weighted by atomic mass is 16.6. The van der Waals surface area contributed by atoms with Gasteiger partial charge in [-0.3, -0.25) is 0 Å². The van der Waals surface area contributed by atoms with Gasteiger partial charge in [0.1, 0.15) is 6.10 Å². The molecular weight excluding hydrogens is 624 g/mol. The van der Waals surface area contributed by atoms with Crippen LogP contribution in [0, 0.1) is 50.2 Å². The zero-order valence-electron chi connectivity index (χ0n) is 31.4. The highest BCUT2D eigenvalue weighted by Gasteiger charge is 2.76. The molecule has 5 rings (SSSR count). The van der Waals surface area contributed by atoms with Crippen molar-refractivity contribution in [2.24, 2.45) is 50.2 Å². The van der Waals surface area contributed by atoms with Gasteiger partial charge in [0.15, 0.2) is 6.10 Å². The molecular formula is C40H62O9. The van der Waals surface area contributed by atoms with Gasteiger partial charge in [-0.05, 0) is 94.8 Å². The summed E-state index contributed by atoms with van der Waals surface area (Å²) in [6, 6.07) is 0. The lowest BCUT2D eigenvalue weighted by molar-refractivity contribution is -0.293. The third-order valence-electron chi connectivity index (χ3n) is 15.5.